The van der Waals surface area contributed by atoms with Gasteiger partial charge in [0, 0.05) is 32.1 Å². The predicted molar refractivity (Wildman–Crippen MR) is 89.5 cm³/mol. The molecule has 0 bridgehead atoms. The van der Waals surface area contributed by atoms with Crippen molar-refractivity contribution in [3.63, 3.8) is 0 Å². The van der Waals surface area contributed by atoms with E-state index in [1.165, 1.54) is 20.6 Å². The number of likely N-dealkylation sites (tertiary alicyclic amines) is 1. The number of rotatable bonds is 2. The van der Waals surface area contributed by atoms with Crippen molar-refractivity contribution < 1.29 is 4.79 Å². The van der Waals surface area contributed by atoms with Gasteiger partial charge in [0.1, 0.15) is 5.82 Å². The Hall–Kier alpha value is -2.22. The maximum Gasteiger partial charge on any atom is 0.332 e. The van der Waals surface area contributed by atoms with Crippen molar-refractivity contribution in [2.24, 2.45) is 5.92 Å². The number of hydrogen-bond acceptors (Lipinski definition) is 5. The first-order valence-electron chi connectivity index (χ1n) is 8.14. The van der Waals surface area contributed by atoms with Crippen molar-refractivity contribution in [1.82, 2.24) is 19.2 Å². The largest absolute Gasteiger partial charge is 0.337 e. The van der Waals surface area contributed by atoms with Gasteiger partial charge in [-0.1, -0.05) is 6.07 Å². The molecule has 0 saturated carbocycles. The van der Waals surface area contributed by atoms with Gasteiger partial charge in [-0.05, 0) is 30.7 Å². The van der Waals surface area contributed by atoms with Crippen molar-refractivity contribution in [3.8, 4) is 0 Å². The zero-order valence-corrected chi connectivity index (χ0v) is 14.2. The number of aromatic nitrogens is 3. The van der Waals surface area contributed by atoms with Gasteiger partial charge in [-0.25, -0.2) is 4.68 Å². The third-order valence-corrected chi connectivity index (χ3v) is 5.84. The van der Waals surface area contributed by atoms with Crippen LogP contribution in [0.25, 0.3) is 0 Å². The highest BCUT2D eigenvalue weighted by Gasteiger charge is 2.41. The van der Waals surface area contributed by atoms with Crippen molar-refractivity contribution in [2.45, 2.75) is 32.4 Å². The molecular formula is C16H18N4O3S. The van der Waals surface area contributed by atoms with Crippen LogP contribution in [0.2, 0.25) is 0 Å². The van der Waals surface area contributed by atoms with Crippen LogP contribution in [0.5, 0.6) is 0 Å². The molecule has 2 aromatic rings. The topological polar surface area (TPSA) is 77.2 Å². The summed E-state index contributed by atoms with van der Waals surface area (Å²) in [6.07, 6.45) is 0.824. The van der Waals surface area contributed by atoms with Crippen molar-refractivity contribution in [2.75, 3.05) is 13.1 Å². The standard InChI is InChI=1S/C16H18N4O3S/c1-2-20-16(23)15(22)19-8-10-5-6-18(9-11(10)13(19)17-20)14(21)12-4-3-7-24-12/h3-4,7,10-11H,2,5-6,8-9H2,1H3/t10-,11-/m0/s1. The first kappa shape index (κ1) is 15.3. The highest BCUT2D eigenvalue weighted by Crippen LogP contribution is 2.37. The molecule has 2 atom stereocenters. The second kappa shape index (κ2) is 5.70. The quantitative estimate of drug-likeness (QED) is 0.752. The minimum atomic E-state index is -0.564. The van der Waals surface area contributed by atoms with Gasteiger partial charge in [0.25, 0.3) is 5.91 Å². The number of aryl methyl sites for hydroxylation is 1. The zero-order valence-electron chi connectivity index (χ0n) is 13.3. The summed E-state index contributed by atoms with van der Waals surface area (Å²) < 4.78 is 2.75. The molecule has 4 heterocycles. The van der Waals surface area contributed by atoms with Gasteiger partial charge in [0.05, 0.1) is 4.88 Å². The number of carbonyl (C=O) groups is 1. The Morgan fingerprint density at radius 2 is 2.17 bits per heavy atom. The van der Waals surface area contributed by atoms with Crippen molar-refractivity contribution in [1.29, 1.82) is 0 Å². The number of fused-ring (bicyclic) bond motifs is 3. The number of amides is 1. The van der Waals surface area contributed by atoms with E-state index in [9.17, 15) is 14.4 Å². The van der Waals surface area contributed by atoms with Crippen LogP contribution in [0.15, 0.2) is 27.1 Å². The summed E-state index contributed by atoms with van der Waals surface area (Å²) in [7, 11) is 0. The lowest BCUT2D eigenvalue weighted by molar-refractivity contribution is 0.0672. The minimum Gasteiger partial charge on any atom is -0.337 e. The lowest BCUT2D eigenvalue weighted by atomic mass is 9.87. The third-order valence-electron chi connectivity index (χ3n) is 4.99. The predicted octanol–water partition coefficient (Wildman–Crippen LogP) is 0.746. The molecule has 0 unspecified atom stereocenters. The van der Waals surface area contributed by atoms with E-state index < -0.39 is 11.1 Å². The molecule has 1 saturated heterocycles. The summed E-state index contributed by atoms with van der Waals surface area (Å²) in [4.78, 5) is 39.5. The molecule has 1 amide bonds. The minimum absolute atomic E-state index is 0.0220. The third kappa shape index (κ3) is 2.24. The van der Waals surface area contributed by atoms with E-state index in [0.717, 1.165) is 11.3 Å². The monoisotopic (exact) mass is 346 g/mol. The lowest BCUT2D eigenvalue weighted by Gasteiger charge is -2.33. The highest BCUT2D eigenvalue weighted by molar-refractivity contribution is 7.12. The summed E-state index contributed by atoms with van der Waals surface area (Å²) in [6.45, 7) is 3.93. The molecule has 0 radical (unpaired) electrons. The molecule has 2 aliphatic heterocycles. The normalized spacial score (nSPS) is 22.3. The number of carbonyl (C=O) groups excluding carboxylic acids is 1. The molecule has 0 aromatic carbocycles. The fourth-order valence-electron chi connectivity index (χ4n) is 3.70. The average Bonchev–Trinajstić information content (AvgIpc) is 3.24. The molecule has 7 nitrogen and oxygen atoms in total. The lowest BCUT2D eigenvalue weighted by Crippen LogP contribution is -2.44. The molecule has 4 rings (SSSR count). The molecule has 0 spiro atoms. The van der Waals surface area contributed by atoms with Crippen LogP contribution in [-0.4, -0.2) is 38.2 Å². The van der Waals surface area contributed by atoms with Gasteiger partial charge < -0.3 is 4.90 Å². The van der Waals surface area contributed by atoms with E-state index in [4.69, 9.17) is 0 Å². The van der Waals surface area contributed by atoms with Gasteiger partial charge in [0.2, 0.25) is 0 Å². The van der Waals surface area contributed by atoms with E-state index >= 15 is 0 Å². The molecule has 2 aromatic heterocycles. The summed E-state index contributed by atoms with van der Waals surface area (Å²) in [5, 5.41) is 6.30. The number of hydrogen-bond donors (Lipinski definition) is 0. The van der Waals surface area contributed by atoms with E-state index in [1.807, 2.05) is 22.4 Å². The average molecular weight is 346 g/mol. The summed E-state index contributed by atoms with van der Waals surface area (Å²) >= 11 is 1.44. The van der Waals surface area contributed by atoms with Crippen LogP contribution in [0.3, 0.4) is 0 Å². The molecule has 24 heavy (non-hydrogen) atoms. The van der Waals surface area contributed by atoms with Crippen molar-refractivity contribution in [3.05, 3.63) is 48.9 Å². The van der Waals surface area contributed by atoms with Crippen LogP contribution in [-0.2, 0) is 13.1 Å². The van der Waals surface area contributed by atoms with E-state index in [2.05, 4.69) is 5.10 Å². The van der Waals surface area contributed by atoms with Gasteiger partial charge >= 0.3 is 11.1 Å². The van der Waals surface area contributed by atoms with Crippen LogP contribution < -0.4 is 11.1 Å². The first-order chi connectivity index (χ1) is 11.6. The van der Waals surface area contributed by atoms with Gasteiger partial charge in [-0.2, -0.15) is 5.10 Å². The second-order valence-electron chi connectivity index (χ2n) is 6.28. The van der Waals surface area contributed by atoms with Crippen LogP contribution in [0, 0.1) is 5.92 Å². The molecule has 2 aliphatic rings. The van der Waals surface area contributed by atoms with Gasteiger partial charge in [0.15, 0.2) is 0 Å². The Balaban J connectivity index is 1.68. The first-order valence-corrected chi connectivity index (χ1v) is 9.02. The summed E-state index contributed by atoms with van der Waals surface area (Å²) in [6, 6.07) is 3.70. The van der Waals surface area contributed by atoms with Crippen LogP contribution in [0.1, 0.15) is 34.8 Å². The van der Waals surface area contributed by atoms with Crippen molar-refractivity contribution >= 4 is 17.2 Å². The smallest absolute Gasteiger partial charge is 0.332 e. The Kier molecular flexibility index (Phi) is 3.64. The summed E-state index contributed by atoms with van der Waals surface area (Å²) in [5.41, 5.74) is -1.06. The SMILES string of the molecule is CCn1nc2n(c(=O)c1=O)C[C@@H]1CCN(C(=O)c3cccs3)C[C@H]21. The van der Waals surface area contributed by atoms with E-state index in [-0.39, 0.29) is 17.7 Å². The van der Waals surface area contributed by atoms with Crippen LogP contribution in [0.4, 0.5) is 0 Å². The number of thiophene rings is 1. The molecule has 1 fully saturated rings. The molecular weight excluding hydrogens is 328 g/mol. The highest BCUT2D eigenvalue weighted by atomic mass is 32.1. The Labute approximate surface area is 142 Å². The molecule has 0 aliphatic carbocycles. The van der Waals surface area contributed by atoms with Gasteiger partial charge in [-0.15, -0.1) is 11.3 Å². The Bertz CT molecular complexity index is 899. The zero-order chi connectivity index (χ0) is 16.8. The van der Waals surface area contributed by atoms with Gasteiger partial charge in [-0.3, -0.25) is 19.0 Å². The number of nitrogens with zero attached hydrogens (tertiary/aromatic N) is 4. The second-order valence-corrected chi connectivity index (χ2v) is 7.23. The fourth-order valence-corrected chi connectivity index (χ4v) is 4.40. The Morgan fingerprint density at radius 3 is 2.88 bits per heavy atom. The van der Waals surface area contributed by atoms with Crippen LogP contribution >= 0.6 is 11.3 Å². The Morgan fingerprint density at radius 1 is 1.33 bits per heavy atom. The van der Waals surface area contributed by atoms with E-state index in [1.54, 1.807) is 6.92 Å². The maximum atomic E-state index is 12.6. The maximum absolute atomic E-state index is 12.6. The summed E-state index contributed by atoms with van der Waals surface area (Å²) in [5.74, 6) is 0.974. The fraction of sp³-hybridized carbons (Fsp3) is 0.500. The molecule has 126 valence electrons. The van der Waals surface area contributed by atoms with E-state index in [0.29, 0.717) is 32.0 Å². The molecule has 8 heteroatoms. The molecule has 0 N–H and O–H groups in total. The number of piperidine rings is 1.